The normalized spacial score (nSPS) is 11.5. The van der Waals surface area contributed by atoms with E-state index in [1.807, 2.05) is 0 Å². The second kappa shape index (κ2) is 3.05. The second-order valence-corrected chi connectivity index (χ2v) is 2.23. The molecule has 0 radical (unpaired) electrons. The standard InChI is InChI=1S/C8H9NO2/c1-6(9-11)7-2-4-8(10)5-3-7/h2-5,10-11H,1H3/b9-6+. The van der Waals surface area contributed by atoms with Crippen molar-refractivity contribution in [2.45, 2.75) is 6.92 Å². The Morgan fingerprint density at radius 3 is 2.27 bits per heavy atom. The van der Waals surface area contributed by atoms with Crippen molar-refractivity contribution < 1.29 is 10.3 Å². The number of hydrogen-bond donors (Lipinski definition) is 2. The first-order valence-electron chi connectivity index (χ1n) is 3.22. The lowest BCUT2D eigenvalue weighted by Crippen LogP contribution is -1.92. The van der Waals surface area contributed by atoms with Gasteiger partial charge in [-0.05, 0) is 36.8 Å². The smallest absolute Gasteiger partial charge is 0.115 e. The molecule has 0 atom stereocenters. The number of aromatic hydroxyl groups is 1. The highest BCUT2D eigenvalue weighted by molar-refractivity contribution is 5.98. The molecule has 1 aromatic carbocycles. The molecule has 11 heavy (non-hydrogen) atoms. The van der Waals surface area contributed by atoms with Crippen molar-refractivity contribution in [1.82, 2.24) is 0 Å². The van der Waals surface area contributed by atoms with Crippen LogP contribution >= 0.6 is 0 Å². The molecular weight excluding hydrogens is 142 g/mol. The minimum Gasteiger partial charge on any atom is -0.508 e. The molecule has 0 fully saturated rings. The zero-order valence-electron chi connectivity index (χ0n) is 6.15. The van der Waals surface area contributed by atoms with E-state index >= 15 is 0 Å². The molecule has 3 nitrogen and oxygen atoms in total. The monoisotopic (exact) mass is 151 g/mol. The summed E-state index contributed by atoms with van der Waals surface area (Å²) in [5, 5.41) is 20.3. The molecule has 0 saturated heterocycles. The van der Waals surface area contributed by atoms with Crippen molar-refractivity contribution in [2.75, 3.05) is 0 Å². The van der Waals surface area contributed by atoms with Crippen molar-refractivity contribution in [3.63, 3.8) is 0 Å². The van der Waals surface area contributed by atoms with Crippen molar-refractivity contribution in [3.8, 4) is 5.75 Å². The Morgan fingerprint density at radius 2 is 1.82 bits per heavy atom. The molecule has 58 valence electrons. The van der Waals surface area contributed by atoms with Gasteiger partial charge in [-0.15, -0.1) is 0 Å². The number of hydrogen-bond acceptors (Lipinski definition) is 3. The molecule has 1 rings (SSSR count). The number of benzene rings is 1. The Morgan fingerprint density at radius 1 is 1.27 bits per heavy atom. The van der Waals surface area contributed by atoms with Crippen LogP contribution in [0.3, 0.4) is 0 Å². The fourth-order valence-corrected chi connectivity index (χ4v) is 0.760. The lowest BCUT2D eigenvalue weighted by Gasteiger charge is -1.96. The molecule has 0 aliphatic rings. The Labute approximate surface area is 64.6 Å². The molecule has 3 heteroatoms. The number of oxime groups is 1. The zero-order chi connectivity index (χ0) is 8.27. The first-order valence-corrected chi connectivity index (χ1v) is 3.22. The second-order valence-electron chi connectivity index (χ2n) is 2.23. The first-order chi connectivity index (χ1) is 5.24. The predicted molar refractivity (Wildman–Crippen MR) is 42.1 cm³/mol. The lowest BCUT2D eigenvalue weighted by atomic mass is 10.1. The van der Waals surface area contributed by atoms with E-state index in [-0.39, 0.29) is 5.75 Å². The number of phenols is 1. The summed E-state index contributed by atoms with van der Waals surface area (Å²) in [4.78, 5) is 0. The third-order valence-corrected chi connectivity index (χ3v) is 1.44. The Hall–Kier alpha value is -1.51. The van der Waals surface area contributed by atoms with Gasteiger partial charge in [0.05, 0.1) is 5.71 Å². The minimum absolute atomic E-state index is 0.208. The molecule has 0 aromatic heterocycles. The zero-order valence-corrected chi connectivity index (χ0v) is 6.15. The van der Waals surface area contributed by atoms with Crippen LogP contribution in [0.25, 0.3) is 0 Å². The van der Waals surface area contributed by atoms with Crippen LogP contribution in [0.1, 0.15) is 12.5 Å². The van der Waals surface area contributed by atoms with Gasteiger partial charge < -0.3 is 10.3 Å². The maximum atomic E-state index is 8.91. The van der Waals surface area contributed by atoms with Crippen molar-refractivity contribution in [2.24, 2.45) is 5.16 Å². The molecule has 0 heterocycles. The molecule has 2 N–H and O–H groups in total. The highest BCUT2D eigenvalue weighted by Gasteiger charge is 1.95. The van der Waals surface area contributed by atoms with Gasteiger partial charge in [0.2, 0.25) is 0 Å². The molecule has 0 amide bonds. The lowest BCUT2D eigenvalue weighted by molar-refractivity contribution is 0.319. The third kappa shape index (κ3) is 1.70. The molecule has 0 bridgehead atoms. The van der Waals surface area contributed by atoms with Gasteiger partial charge in [0.15, 0.2) is 0 Å². The SMILES string of the molecule is C/C(=N\O)c1ccc(O)cc1. The van der Waals surface area contributed by atoms with Gasteiger partial charge in [-0.25, -0.2) is 0 Å². The third-order valence-electron chi connectivity index (χ3n) is 1.44. The van der Waals surface area contributed by atoms with E-state index in [2.05, 4.69) is 5.16 Å². The average Bonchev–Trinajstić information content (AvgIpc) is 2.05. The summed E-state index contributed by atoms with van der Waals surface area (Å²) in [5.41, 5.74) is 1.33. The summed E-state index contributed by atoms with van der Waals surface area (Å²) in [6, 6.07) is 6.46. The molecule has 0 saturated carbocycles. The van der Waals surface area contributed by atoms with Crippen LogP contribution in [-0.2, 0) is 0 Å². The fraction of sp³-hybridized carbons (Fsp3) is 0.125. The Kier molecular flexibility index (Phi) is 2.11. The maximum absolute atomic E-state index is 8.91. The molecule has 0 spiro atoms. The van der Waals surface area contributed by atoms with E-state index in [1.165, 1.54) is 0 Å². The highest BCUT2D eigenvalue weighted by atomic mass is 16.4. The Balaban J connectivity index is 2.99. The van der Waals surface area contributed by atoms with E-state index in [4.69, 9.17) is 10.3 Å². The van der Waals surface area contributed by atoms with E-state index < -0.39 is 0 Å². The van der Waals surface area contributed by atoms with Crippen molar-refractivity contribution in [3.05, 3.63) is 29.8 Å². The largest absolute Gasteiger partial charge is 0.508 e. The summed E-state index contributed by atoms with van der Waals surface area (Å²) in [7, 11) is 0. The van der Waals surface area contributed by atoms with Gasteiger partial charge in [-0.1, -0.05) is 5.16 Å². The van der Waals surface area contributed by atoms with Crippen LogP contribution in [-0.4, -0.2) is 16.0 Å². The van der Waals surface area contributed by atoms with Crippen molar-refractivity contribution in [1.29, 1.82) is 0 Å². The molecule has 1 aromatic rings. The van der Waals surface area contributed by atoms with Gasteiger partial charge in [-0.2, -0.15) is 0 Å². The van der Waals surface area contributed by atoms with E-state index in [0.717, 1.165) is 5.56 Å². The van der Waals surface area contributed by atoms with Gasteiger partial charge >= 0.3 is 0 Å². The first kappa shape index (κ1) is 7.60. The molecule has 0 aliphatic heterocycles. The highest BCUT2D eigenvalue weighted by Crippen LogP contribution is 2.09. The van der Waals surface area contributed by atoms with E-state index in [1.54, 1.807) is 31.2 Å². The van der Waals surface area contributed by atoms with Gasteiger partial charge in [0, 0.05) is 0 Å². The predicted octanol–water partition coefficient (Wildman–Crippen LogP) is 1.59. The summed E-state index contributed by atoms with van der Waals surface area (Å²) in [5.74, 6) is 0.208. The minimum atomic E-state index is 0.208. The van der Waals surface area contributed by atoms with Gasteiger partial charge in [0.25, 0.3) is 0 Å². The summed E-state index contributed by atoms with van der Waals surface area (Å²) in [6.07, 6.45) is 0. The summed E-state index contributed by atoms with van der Waals surface area (Å²) < 4.78 is 0. The molecule has 0 unspecified atom stereocenters. The molecule has 0 aliphatic carbocycles. The fourth-order valence-electron chi connectivity index (χ4n) is 0.760. The quantitative estimate of drug-likeness (QED) is 0.364. The number of rotatable bonds is 1. The van der Waals surface area contributed by atoms with Crippen LogP contribution in [0.4, 0.5) is 0 Å². The van der Waals surface area contributed by atoms with Crippen LogP contribution in [0, 0.1) is 0 Å². The van der Waals surface area contributed by atoms with Crippen LogP contribution in [0.15, 0.2) is 29.4 Å². The van der Waals surface area contributed by atoms with Crippen LogP contribution in [0.5, 0.6) is 5.75 Å². The van der Waals surface area contributed by atoms with Gasteiger partial charge in [0.1, 0.15) is 5.75 Å². The van der Waals surface area contributed by atoms with Crippen molar-refractivity contribution >= 4 is 5.71 Å². The summed E-state index contributed by atoms with van der Waals surface area (Å²) >= 11 is 0. The van der Waals surface area contributed by atoms with E-state index in [0.29, 0.717) is 5.71 Å². The summed E-state index contributed by atoms with van der Waals surface area (Å²) in [6.45, 7) is 1.69. The average molecular weight is 151 g/mol. The molecular formula is C8H9NO2. The van der Waals surface area contributed by atoms with E-state index in [9.17, 15) is 0 Å². The Bertz CT molecular complexity index is 264. The van der Waals surface area contributed by atoms with Crippen LogP contribution < -0.4 is 0 Å². The number of phenolic OH excluding ortho intramolecular Hbond substituents is 1. The topological polar surface area (TPSA) is 52.8 Å². The number of nitrogens with zero attached hydrogens (tertiary/aromatic N) is 1. The van der Waals surface area contributed by atoms with Gasteiger partial charge in [-0.3, -0.25) is 0 Å². The van der Waals surface area contributed by atoms with Crippen LogP contribution in [0.2, 0.25) is 0 Å². The maximum Gasteiger partial charge on any atom is 0.115 e.